The lowest BCUT2D eigenvalue weighted by Crippen LogP contribution is -2.57. The van der Waals surface area contributed by atoms with Crippen molar-refractivity contribution in [3.05, 3.63) is 148 Å². The Morgan fingerprint density at radius 2 is 1.16 bits per heavy atom. The summed E-state index contributed by atoms with van der Waals surface area (Å²) in [6, 6.07) is 33.4. The molecule has 0 unspecified atom stereocenters. The van der Waals surface area contributed by atoms with Gasteiger partial charge in [0.05, 0.1) is 12.0 Å². The first-order valence-corrected chi connectivity index (χ1v) is 19.7. The third kappa shape index (κ3) is 11.8. The van der Waals surface area contributed by atoms with E-state index >= 15 is 0 Å². The molecule has 0 saturated heterocycles. The van der Waals surface area contributed by atoms with Crippen LogP contribution >= 0.6 is 11.3 Å². The molecule has 11 nitrogen and oxygen atoms in total. The molecule has 4 aromatic carbocycles. The number of ketones is 1. The van der Waals surface area contributed by atoms with Crippen molar-refractivity contribution in [3.63, 3.8) is 0 Å². The van der Waals surface area contributed by atoms with E-state index in [1.54, 1.807) is 24.3 Å². The van der Waals surface area contributed by atoms with Gasteiger partial charge >= 0.3 is 5.97 Å². The van der Waals surface area contributed by atoms with Gasteiger partial charge in [0.25, 0.3) is 0 Å². The van der Waals surface area contributed by atoms with Gasteiger partial charge in [-0.1, -0.05) is 103 Å². The molecular weight excluding hydrogens is 741 g/mol. The summed E-state index contributed by atoms with van der Waals surface area (Å²) in [5.41, 5.74) is 4.55. The molecule has 2 bridgehead atoms. The average molecular weight is 785 g/mol. The third-order valence-electron chi connectivity index (χ3n) is 9.85. The number of amides is 4. The van der Waals surface area contributed by atoms with Gasteiger partial charge in [-0.05, 0) is 64.2 Å². The number of carbonyl (C=O) groups excluding carboxylic acids is 5. The van der Waals surface area contributed by atoms with Crippen LogP contribution in [0.5, 0.6) is 0 Å². The molecule has 3 heterocycles. The van der Waals surface area contributed by atoms with Gasteiger partial charge in [0, 0.05) is 42.7 Å². The molecule has 0 saturated carbocycles. The van der Waals surface area contributed by atoms with Crippen molar-refractivity contribution in [2.24, 2.45) is 5.92 Å². The Hall–Kier alpha value is -6.40. The van der Waals surface area contributed by atoms with E-state index < -0.39 is 59.4 Å². The predicted octanol–water partition coefficient (Wildman–Crippen LogP) is 5.53. The number of carbonyl (C=O) groups is 6. The maximum Gasteiger partial charge on any atom is 0.307 e. The summed E-state index contributed by atoms with van der Waals surface area (Å²) in [5, 5.41) is 23.3. The number of carboxylic acids is 1. The van der Waals surface area contributed by atoms with Crippen LogP contribution in [0.1, 0.15) is 40.8 Å². The summed E-state index contributed by atoms with van der Waals surface area (Å²) in [6.07, 6.45) is -0.402. The number of hydrogen-bond donors (Lipinski definition) is 5. The zero-order valence-electron chi connectivity index (χ0n) is 31.2. The Kier molecular flexibility index (Phi) is 13.7. The molecule has 0 spiro atoms. The number of thiophene rings is 1. The van der Waals surface area contributed by atoms with Crippen LogP contribution in [0.25, 0.3) is 11.1 Å². The van der Waals surface area contributed by atoms with Gasteiger partial charge < -0.3 is 26.4 Å². The highest BCUT2D eigenvalue weighted by atomic mass is 32.1. The van der Waals surface area contributed by atoms with E-state index in [2.05, 4.69) is 21.3 Å². The van der Waals surface area contributed by atoms with Crippen molar-refractivity contribution in [1.29, 1.82) is 0 Å². The molecule has 4 amide bonds. The predicted molar refractivity (Wildman–Crippen MR) is 218 cm³/mol. The quantitative estimate of drug-likeness (QED) is 0.129. The van der Waals surface area contributed by atoms with Crippen LogP contribution in [0.15, 0.2) is 127 Å². The number of nitrogens with one attached hydrogen (secondary N) is 4. The highest BCUT2D eigenvalue weighted by Crippen LogP contribution is 2.22. The number of aliphatic carboxylic acids is 1. The van der Waals surface area contributed by atoms with E-state index in [1.807, 2.05) is 102 Å². The Balaban J connectivity index is 1.34. The summed E-state index contributed by atoms with van der Waals surface area (Å²) in [5.74, 6) is -4.95. The first-order chi connectivity index (χ1) is 27.6. The van der Waals surface area contributed by atoms with Crippen LogP contribution in [0, 0.1) is 5.92 Å². The topological polar surface area (TPSA) is 171 Å². The fraction of sp³-hybridized carbons (Fsp3) is 0.244. The summed E-state index contributed by atoms with van der Waals surface area (Å²) in [4.78, 5) is 82.0. The molecule has 5 N–H and O–H groups in total. The first kappa shape index (κ1) is 40.3. The van der Waals surface area contributed by atoms with Gasteiger partial charge in [-0.15, -0.1) is 11.3 Å². The van der Waals surface area contributed by atoms with E-state index in [-0.39, 0.29) is 44.9 Å². The highest BCUT2D eigenvalue weighted by molar-refractivity contribution is 7.09. The number of Topliss-reactive ketones (excluding diaryl/α,β-unsaturated/α-hetero) is 1. The summed E-state index contributed by atoms with van der Waals surface area (Å²) in [7, 11) is 0. The van der Waals surface area contributed by atoms with Crippen LogP contribution in [-0.2, 0) is 54.5 Å². The zero-order chi connectivity index (χ0) is 40.1. The number of benzene rings is 4. The minimum atomic E-state index is -1.19. The molecular formula is C45H44N4O7S. The van der Waals surface area contributed by atoms with Gasteiger partial charge in [0.1, 0.15) is 12.1 Å². The Morgan fingerprint density at radius 1 is 0.579 bits per heavy atom. The SMILES string of the molecule is O=C1CCC(=O)N[C@@H](Cc2cccs2)C(=O)N[C@@H](Cc2ccc(-c3ccccc3)cc2)C(=O)N[C@@H](Cc2ccccc2)C(=O)C[C@@H](C(=O)O)Cc2ccc(cc2)N1. The molecule has 2 aliphatic heterocycles. The van der Waals surface area contributed by atoms with Crippen LogP contribution in [0.4, 0.5) is 5.69 Å². The number of anilines is 1. The minimum Gasteiger partial charge on any atom is -0.481 e. The maximum absolute atomic E-state index is 14.4. The van der Waals surface area contributed by atoms with E-state index in [1.165, 1.54) is 11.3 Å². The van der Waals surface area contributed by atoms with Crippen molar-refractivity contribution < 1.29 is 33.9 Å². The summed E-state index contributed by atoms with van der Waals surface area (Å²) in [6.45, 7) is 0. The van der Waals surface area contributed by atoms with Crippen molar-refractivity contribution in [1.82, 2.24) is 16.0 Å². The lowest BCUT2D eigenvalue weighted by atomic mass is 9.90. The second kappa shape index (κ2) is 19.5. The molecule has 292 valence electrons. The second-order valence-electron chi connectivity index (χ2n) is 14.1. The minimum absolute atomic E-state index is 0.0325. The summed E-state index contributed by atoms with van der Waals surface area (Å²) >= 11 is 1.41. The maximum atomic E-state index is 14.4. The van der Waals surface area contributed by atoms with Crippen molar-refractivity contribution in [2.75, 3.05) is 5.32 Å². The van der Waals surface area contributed by atoms with E-state index in [0.717, 1.165) is 27.1 Å². The van der Waals surface area contributed by atoms with Gasteiger partial charge in [-0.3, -0.25) is 28.8 Å². The lowest BCUT2D eigenvalue weighted by Gasteiger charge is -2.26. The number of hydrogen-bond acceptors (Lipinski definition) is 7. The largest absolute Gasteiger partial charge is 0.481 e. The van der Waals surface area contributed by atoms with E-state index in [0.29, 0.717) is 11.3 Å². The number of fused-ring (bicyclic) bond motifs is 18. The fourth-order valence-electron chi connectivity index (χ4n) is 6.75. The molecule has 5 aromatic rings. The van der Waals surface area contributed by atoms with Crippen LogP contribution in [-0.4, -0.2) is 58.6 Å². The monoisotopic (exact) mass is 784 g/mol. The normalized spacial score (nSPS) is 20.0. The standard InChI is InChI=1S/C45H44N4O7S/c50-40-27-34(45(55)56)24-30-15-19-35(20-16-30)46-41(51)21-22-42(52)47-39(28-36-12-7-23-57-36)44(54)49-38(43(53)48-37(40)25-29-8-3-1-4-9-29)26-31-13-17-33(18-14-31)32-10-5-2-6-11-32/h1-20,23,34,37-39H,21-22,24-28H2,(H,46,51)(H,47,52)(H,48,53)(H,49,54)(H,55,56)/t34-,37-,38-,39-/m0/s1. The molecule has 0 aliphatic carbocycles. The van der Waals surface area contributed by atoms with Crippen LogP contribution in [0.2, 0.25) is 0 Å². The highest BCUT2D eigenvalue weighted by Gasteiger charge is 2.32. The van der Waals surface area contributed by atoms with Gasteiger partial charge in [-0.2, -0.15) is 0 Å². The lowest BCUT2D eigenvalue weighted by molar-refractivity contribution is -0.144. The van der Waals surface area contributed by atoms with Gasteiger partial charge in [-0.25, -0.2) is 0 Å². The molecule has 4 atom stereocenters. The Labute approximate surface area is 334 Å². The molecule has 0 radical (unpaired) electrons. The second-order valence-corrected chi connectivity index (χ2v) is 15.2. The van der Waals surface area contributed by atoms with Crippen molar-refractivity contribution in [3.8, 4) is 11.1 Å². The zero-order valence-corrected chi connectivity index (χ0v) is 32.0. The summed E-state index contributed by atoms with van der Waals surface area (Å²) < 4.78 is 0. The smallest absolute Gasteiger partial charge is 0.307 e. The molecule has 1 aromatic heterocycles. The number of rotatable bonds is 8. The van der Waals surface area contributed by atoms with E-state index in [9.17, 15) is 33.9 Å². The van der Waals surface area contributed by atoms with Gasteiger partial charge in [0.15, 0.2) is 5.78 Å². The Bertz CT molecular complexity index is 2160. The van der Waals surface area contributed by atoms with Gasteiger partial charge in [0.2, 0.25) is 23.6 Å². The Morgan fingerprint density at radius 3 is 1.81 bits per heavy atom. The van der Waals surface area contributed by atoms with E-state index in [4.69, 9.17) is 0 Å². The first-order valence-electron chi connectivity index (χ1n) is 18.8. The van der Waals surface area contributed by atoms with Crippen LogP contribution < -0.4 is 21.3 Å². The fourth-order valence-corrected chi connectivity index (χ4v) is 7.50. The molecule has 0 fully saturated rings. The van der Waals surface area contributed by atoms with Crippen molar-refractivity contribution >= 4 is 52.4 Å². The average Bonchev–Trinajstić information content (AvgIpc) is 3.73. The molecule has 2 aliphatic rings. The third-order valence-corrected chi connectivity index (χ3v) is 10.8. The van der Waals surface area contributed by atoms with Crippen molar-refractivity contribution in [2.45, 2.75) is 63.1 Å². The molecule has 7 rings (SSSR count). The van der Waals surface area contributed by atoms with Crippen LogP contribution in [0.3, 0.4) is 0 Å². The number of carboxylic acid groups (broad SMARTS) is 1. The molecule has 12 heteroatoms. The molecule has 57 heavy (non-hydrogen) atoms.